The minimum absolute atomic E-state index is 0.0664. The lowest BCUT2D eigenvalue weighted by molar-refractivity contribution is 0.0987. The van der Waals surface area contributed by atoms with Crippen molar-refractivity contribution in [3.63, 3.8) is 0 Å². The molecule has 21 heavy (non-hydrogen) atoms. The second-order valence-corrected chi connectivity index (χ2v) is 6.18. The lowest BCUT2D eigenvalue weighted by atomic mass is 10.1. The van der Waals surface area contributed by atoms with E-state index >= 15 is 0 Å². The maximum Gasteiger partial charge on any atom is 0.258 e. The number of nitriles is 1. The van der Waals surface area contributed by atoms with Crippen LogP contribution in [-0.2, 0) is 0 Å². The largest absolute Gasteiger partial charge is 0.306 e. The van der Waals surface area contributed by atoms with E-state index in [4.69, 9.17) is 16.9 Å². The number of thioether (sulfide) groups is 1. The summed E-state index contributed by atoms with van der Waals surface area (Å²) in [5.41, 5.74) is 1.98. The molecule has 1 aliphatic rings. The quantitative estimate of drug-likeness (QED) is 0.800. The summed E-state index contributed by atoms with van der Waals surface area (Å²) >= 11 is 7.77. The zero-order valence-corrected chi connectivity index (χ0v) is 12.6. The smallest absolute Gasteiger partial charge is 0.258 e. The molecule has 1 heterocycles. The highest BCUT2D eigenvalue weighted by Gasteiger charge is 2.24. The van der Waals surface area contributed by atoms with E-state index in [1.807, 2.05) is 18.2 Å². The molecular formula is C16H11ClN2OS. The van der Waals surface area contributed by atoms with E-state index in [1.165, 1.54) is 0 Å². The number of nitrogens with zero attached hydrogens (tertiary/aromatic N) is 2. The Bertz CT molecular complexity index is 737. The number of amides is 1. The second-order valence-electron chi connectivity index (χ2n) is 4.61. The van der Waals surface area contributed by atoms with Gasteiger partial charge in [0.05, 0.1) is 17.3 Å². The van der Waals surface area contributed by atoms with Gasteiger partial charge in [0.1, 0.15) is 0 Å². The fourth-order valence-electron chi connectivity index (χ4n) is 2.24. The highest BCUT2D eigenvalue weighted by atomic mass is 35.5. The first-order chi connectivity index (χ1) is 10.2. The third-order valence-corrected chi connectivity index (χ3v) is 4.57. The summed E-state index contributed by atoms with van der Waals surface area (Å²) in [5.74, 6) is 0.791. The third-order valence-electron chi connectivity index (χ3n) is 3.29. The molecule has 2 aromatic rings. The molecule has 0 aliphatic carbocycles. The average molecular weight is 315 g/mol. The van der Waals surface area contributed by atoms with Gasteiger partial charge in [0.15, 0.2) is 0 Å². The zero-order valence-electron chi connectivity index (χ0n) is 11.0. The number of carbonyl (C=O) groups excluding carboxylic acids is 1. The standard InChI is InChI=1S/C16H11ClN2OS/c17-13-5-6-15-14(9-13)19(7-8-21-15)16(20)12-3-1-11(10-18)2-4-12/h1-6,9H,7-8H2. The monoisotopic (exact) mass is 314 g/mol. The van der Waals surface area contributed by atoms with Gasteiger partial charge in [-0.25, -0.2) is 0 Å². The average Bonchev–Trinajstić information content (AvgIpc) is 2.53. The number of carbonyl (C=O) groups is 1. The fraction of sp³-hybridized carbons (Fsp3) is 0.125. The molecule has 0 unspecified atom stereocenters. The van der Waals surface area contributed by atoms with Crippen LogP contribution in [0.25, 0.3) is 0 Å². The number of fused-ring (bicyclic) bond motifs is 1. The van der Waals surface area contributed by atoms with Crippen molar-refractivity contribution in [3.8, 4) is 6.07 Å². The van der Waals surface area contributed by atoms with Gasteiger partial charge >= 0.3 is 0 Å². The number of hydrogen-bond acceptors (Lipinski definition) is 3. The van der Waals surface area contributed by atoms with Crippen molar-refractivity contribution in [2.45, 2.75) is 4.90 Å². The van der Waals surface area contributed by atoms with E-state index in [0.29, 0.717) is 22.7 Å². The number of benzene rings is 2. The maximum atomic E-state index is 12.7. The molecule has 5 heteroatoms. The van der Waals surface area contributed by atoms with Gasteiger partial charge < -0.3 is 4.90 Å². The number of hydrogen-bond donors (Lipinski definition) is 0. The molecule has 0 atom stereocenters. The van der Waals surface area contributed by atoms with Crippen LogP contribution in [0.5, 0.6) is 0 Å². The van der Waals surface area contributed by atoms with E-state index < -0.39 is 0 Å². The molecule has 0 spiro atoms. The Kier molecular flexibility index (Phi) is 3.87. The molecule has 0 fully saturated rings. The van der Waals surface area contributed by atoms with Gasteiger partial charge in [-0.3, -0.25) is 4.79 Å². The molecule has 2 aromatic carbocycles. The summed E-state index contributed by atoms with van der Waals surface area (Å²) in [6.07, 6.45) is 0. The number of halogens is 1. The predicted octanol–water partition coefficient (Wildman–Crippen LogP) is 3.96. The van der Waals surface area contributed by atoms with E-state index in [2.05, 4.69) is 6.07 Å². The molecule has 0 radical (unpaired) electrons. The summed E-state index contributed by atoms with van der Waals surface area (Å²) in [4.78, 5) is 15.5. The molecule has 0 saturated heterocycles. The van der Waals surface area contributed by atoms with Crippen LogP contribution in [0.15, 0.2) is 47.4 Å². The molecule has 3 rings (SSSR count). The summed E-state index contributed by atoms with van der Waals surface area (Å²) in [6.45, 7) is 0.650. The van der Waals surface area contributed by atoms with Gasteiger partial charge in [0.2, 0.25) is 0 Å². The van der Waals surface area contributed by atoms with Gasteiger partial charge in [-0.05, 0) is 42.5 Å². The van der Waals surface area contributed by atoms with Crippen molar-refractivity contribution in [1.82, 2.24) is 0 Å². The Morgan fingerprint density at radius 2 is 2.00 bits per heavy atom. The molecular weight excluding hydrogens is 304 g/mol. The van der Waals surface area contributed by atoms with Crippen LogP contribution >= 0.6 is 23.4 Å². The summed E-state index contributed by atoms with van der Waals surface area (Å²) in [6, 6.07) is 14.3. The van der Waals surface area contributed by atoms with Crippen LogP contribution in [0.4, 0.5) is 5.69 Å². The van der Waals surface area contributed by atoms with Gasteiger partial charge in [-0.2, -0.15) is 5.26 Å². The summed E-state index contributed by atoms with van der Waals surface area (Å²) in [5, 5.41) is 9.43. The van der Waals surface area contributed by atoms with Gasteiger partial charge in [-0.1, -0.05) is 11.6 Å². The molecule has 0 saturated carbocycles. The van der Waals surface area contributed by atoms with Crippen LogP contribution in [0.2, 0.25) is 5.02 Å². The second kappa shape index (κ2) is 5.80. The van der Waals surface area contributed by atoms with Crippen LogP contribution in [0.3, 0.4) is 0 Å². The Morgan fingerprint density at radius 3 is 2.71 bits per heavy atom. The molecule has 104 valence electrons. The van der Waals surface area contributed by atoms with E-state index in [-0.39, 0.29) is 5.91 Å². The van der Waals surface area contributed by atoms with Crippen LogP contribution in [-0.4, -0.2) is 18.2 Å². The van der Waals surface area contributed by atoms with Crippen molar-refractivity contribution in [2.75, 3.05) is 17.2 Å². The molecule has 3 nitrogen and oxygen atoms in total. The normalized spacial score (nSPS) is 13.4. The van der Waals surface area contributed by atoms with Crippen LogP contribution in [0.1, 0.15) is 15.9 Å². The Balaban J connectivity index is 1.96. The molecule has 1 amide bonds. The van der Waals surface area contributed by atoms with Crippen molar-refractivity contribution in [3.05, 3.63) is 58.6 Å². The Morgan fingerprint density at radius 1 is 1.24 bits per heavy atom. The molecule has 1 aliphatic heterocycles. The third kappa shape index (κ3) is 2.76. The van der Waals surface area contributed by atoms with Crippen molar-refractivity contribution >= 4 is 35.0 Å². The predicted molar refractivity (Wildman–Crippen MR) is 85.0 cm³/mol. The first-order valence-electron chi connectivity index (χ1n) is 6.43. The first-order valence-corrected chi connectivity index (χ1v) is 7.80. The summed E-state index contributed by atoms with van der Waals surface area (Å²) < 4.78 is 0. The maximum absolute atomic E-state index is 12.7. The van der Waals surface area contributed by atoms with Crippen LogP contribution < -0.4 is 4.90 Å². The van der Waals surface area contributed by atoms with Crippen LogP contribution in [0, 0.1) is 11.3 Å². The minimum atomic E-state index is -0.0664. The molecule has 0 N–H and O–H groups in total. The number of rotatable bonds is 1. The van der Waals surface area contributed by atoms with Gasteiger partial charge in [0.25, 0.3) is 5.91 Å². The molecule has 0 bridgehead atoms. The lowest BCUT2D eigenvalue weighted by Crippen LogP contribution is -2.35. The van der Waals surface area contributed by atoms with Crippen molar-refractivity contribution in [2.24, 2.45) is 0 Å². The highest BCUT2D eigenvalue weighted by molar-refractivity contribution is 7.99. The Hall–Kier alpha value is -1.96. The lowest BCUT2D eigenvalue weighted by Gasteiger charge is -2.29. The topological polar surface area (TPSA) is 44.1 Å². The Labute approximate surface area is 132 Å². The number of anilines is 1. The summed E-state index contributed by atoms with van der Waals surface area (Å²) in [7, 11) is 0. The van der Waals surface area contributed by atoms with E-state index in [1.54, 1.807) is 40.9 Å². The van der Waals surface area contributed by atoms with Crippen molar-refractivity contribution < 1.29 is 4.79 Å². The highest BCUT2D eigenvalue weighted by Crippen LogP contribution is 2.37. The van der Waals surface area contributed by atoms with Crippen molar-refractivity contribution in [1.29, 1.82) is 5.26 Å². The van der Waals surface area contributed by atoms with Gasteiger partial charge in [0, 0.05) is 27.8 Å². The zero-order chi connectivity index (χ0) is 14.8. The van der Waals surface area contributed by atoms with Gasteiger partial charge in [-0.15, -0.1) is 11.8 Å². The first kappa shape index (κ1) is 14.0. The molecule has 0 aromatic heterocycles. The fourth-order valence-corrected chi connectivity index (χ4v) is 3.39. The van der Waals surface area contributed by atoms with E-state index in [0.717, 1.165) is 16.3 Å². The minimum Gasteiger partial charge on any atom is -0.306 e. The SMILES string of the molecule is N#Cc1ccc(C(=O)N2CCSc3ccc(Cl)cc32)cc1. The van der Waals surface area contributed by atoms with E-state index in [9.17, 15) is 4.79 Å².